The largest absolute Gasteiger partial charge is 0.443 e. The minimum absolute atomic E-state index is 0.252. The third-order valence-electron chi connectivity index (χ3n) is 4.43. The molecule has 0 spiro atoms. The van der Waals surface area contributed by atoms with Crippen molar-refractivity contribution in [2.75, 3.05) is 5.32 Å². The van der Waals surface area contributed by atoms with E-state index in [1.165, 1.54) is 12.0 Å². The van der Waals surface area contributed by atoms with Crippen molar-refractivity contribution >= 4 is 11.6 Å². The Balaban J connectivity index is 1.44. The second-order valence-corrected chi connectivity index (χ2v) is 6.58. The van der Waals surface area contributed by atoms with Crippen LogP contribution in [0.3, 0.4) is 0 Å². The van der Waals surface area contributed by atoms with Crippen LogP contribution in [-0.4, -0.2) is 20.7 Å². The van der Waals surface area contributed by atoms with Crippen molar-refractivity contribution in [3.63, 3.8) is 0 Å². The molecule has 0 radical (unpaired) electrons. The predicted octanol–water partition coefficient (Wildman–Crippen LogP) is 4.34. The average Bonchev–Trinajstić information content (AvgIpc) is 3.37. The normalized spacial score (nSPS) is 10.8. The van der Waals surface area contributed by atoms with Gasteiger partial charge in [-0.3, -0.25) is 9.48 Å². The van der Waals surface area contributed by atoms with Gasteiger partial charge < -0.3 is 9.73 Å². The number of aromatic nitrogens is 3. The molecule has 0 unspecified atom stereocenters. The maximum absolute atomic E-state index is 12.7. The summed E-state index contributed by atoms with van der Waals surface area (Å²) in [5.74, 6) is 0.130. The van der Waals surface area contributed by atoms with Crippen LogP contribution in [0, 0.1) is 6.92 Å². The summed E-state index contributed by atoms with van der Waals surface area (Å²) in [4.78, 5) is 16.8. The molecule has 2 aromatic carbocycles. The Hall–Kier alpha value is -3.67. The molecule has 0 saturated carbocycles. The van der Waals surface area contributed by atoms with E-state index in [1.54, 1.807) is 6.20 Å². The number of benzene rings is 2. The van der Waals surface area contributed by atoms with Gasteiger partial charge in [-0.1, -0.05) is 54.1 Å². The smallest absolute Gasteiger partial charge is 0.278 e. The molecule has 2 aromatic heterocycles. The molecule has 0 aliphatic carbocycles. The van der Waals surface area contributed by atoms with Gasteiger partial charge in [0.25, 0.3) is 5.91 Å². The topological polar surface area (TPSA) is 73.0 Å². The number of rotatable bonds is 6. The fourth-order valence-corrected chi connectivity index (χ4v) is 3.03. The second kappa shape index (κ2) is 7.92. The van der Waals surface area contributed by atoms with E-state index in [9.17, 15) is 4.79 Å². The molecule has 140 valence electrons. The zero-order valence-electron chi connectivity index (χ0n) is 15.5. The number of amides is 1. The SMILES string of the molecule is Cc1cccc(-c2ocnc2C(=O)Nc2cnn(CCc3ccccc3)c2)c1. The molecule has 1 N–H and O–H groups in total. The predicted molar refractivity (Wildman–Crippen MR) is 107 cm³/mol. The fraction of sp³-hybridized carbons (Fsp3) is 0.136. The highest BCUT2D eigenvalue weighted by Crippen LogP contribution is 2.24. The van der Waals surface area contributed by atoms with Crippen LogP contribution >= 0.6 is 0 Å². The maximum Gasteiger partial charge on any atom is 0.278 e. The van der Waals surface area contributed by atoms with E-state index in [0.717, 1.165) is 24.1 Å². The first-order chi connectivity index (χ1) is 13.7. The van der Waals surface area contributed by atoms with Gasteiger partial charge in [0.1, 0.15) is 0 Å². The molecule has 0 aliphatic heterocycles. The molecule has 4 rings (SSSR count). The van der Waals surface area contributed by atoms with Crippen molar-refractivity contribution < 1.29 is 9.21 Å². The summed E-state index contributed by atoms with van der Waals surface area (Å²) in [6, 6.07) is 18.0. The Bertz CT molecular complexity index is 1080. The van der Waals surface area contributed by atoms with Crippen molar-refractivity contribution in [3.05, 3.63) is 90.2 Å². The molecule has 0 atom stereocenters. The lowest BCUT2D eigenvalue weighted by Crippen LogP contribution is -2.13. The molecule has 0 aliphatic rings. The van der Waals surface area contributed by atoms with E-state index in [0.29, 0.717) is 11.4 Å². The van der Waals surface area contributed by atoms with E-state index in [2.05, 4.69) is 27.5 Å². The monoisotopic (exact) mass is 372 g/mol. The zero-order chi connectivity index (χ0) is 19.3. The Labute approximate surface area is 162 Å². The number of anilines is 1. The zero-order valence-corrected chi connectivity index (χ0v) is 15.5. The number of hydrogen-bond acceptors (Lipinski definition) is 4. The molecule has 0 bridgehead atoms. The quantitative estimate of drug-likeness (QED) is 0.546. The highest BCUT2D eigenvalue weighted by Gasteiger charge is 2.19. The first kappa shape index (κ1) is 17.7. The summed E-state index contributed by atoms with van der Waals surface area (Å²) in [7, 11) is 0. The van der Waals surface area contributed by atoms with Gasteiger partial charge >= 0.3 is 0 Å². The number of hydrogen-bond donors (Lipinski definition) is 1. The molecule has 6 nitrogen and oxygen atoms in total. The summed E-state index contributed by atoms with van der Waals surface area (Å²) >= 11 is 0. The summed E-state index contributed by atoms with van der Waals surface area (Å²) in [5.41, 5.74) is 4.02. The van der Waals surface area contributed by atoms with Crippen LogP contribution < -0.4 is 5.32 Å². The lowest BCUT2D eigenvalue weighted by molar-refractivity contribution is 0.102. The molecule has 4 aromatic rings. The molecule has 6 heteroatoms. The van der Waals surface area contributed by atoms with Crippen molar-refractivity contribution in [2.24, 2.45) is 0 Å². The number of nitrogens with zero attached hydrogens (tertiary/aromatic N) is 3. The first-order valence-corrected chi connectivity index (χ1v) is 9.07. The fourth-order valence-electron chi connectivity index (χ4n) is 3.03. The van der Waals surface area contributed by atoms with Crippen molar-refractivity contribution in [1.82, 2.24) is 14.8 Å². The highest BCUT2D eigenvalue weighted by molar-refractivity contribution is 6.06. The summed E-state index contributed by atoms with van der Waals surface area (Å²) in [5, 5.41) is 7.16. The van der Waals surface area contributed by atoms with Crippen molar-refractivity contribution in [1.29, 1.82) is 0 Å². The van der Waals surface area contributed by atoms with Crippen LogP contribution in [0.25, 0.3) is 11.3 Å². The Morgan fingerprint density at radius 1 is 1.14 bits per heavy atom. The van der Waals surface area contributed by atoms with Gasteiger partial charge in [0.15, 0.2) is 17.8 Å². The number of carbonyl (C=O) groups excluding carboxylic acids is 1. The Kier molecular flexibility index (Phi) is 5.01. The van der Waals surface area contributed by atoms with Gasteiger partial charge in [-0.25, -0.2) is 4.98 Å². The number of carbonyl (C=O) groups is 1. The number of aryl methyl sites for hydroxylation is 3. The molecule has 1 amide bonds. The third kappa shape index (κ3) is 4.01. The first-order valence-electron chi connectivity index (χ1n) is 9.07. The minimum Gasteiger partial charge on any atom is -0.443 e. The van der Waals surface area contributed by atoms with E-state index < -0.39 is 0 Å². The van der Waals surface area contributed by atoms with E-state index in [1.807, 2.05) is 60.3 Å². The molecule has 2 heterocycles. The number of oxazole rings is 1. The lowest BCUT2D eigenvalue weighted by Gasteiger charge is -2.03. The van der Waals surface area contributed by atoms with Gasteiger partial charge in [-0.05, 0) is 25.0 Å². The summed E-state index contributed by atoms with van der Waals surface area (Å²) < 4.78 is 7.28. The van der Waals surface area contributed by atoms with E-state index >= 15 is 0 Å². The van der Waals surface area contributed by atoms with Crippen LogP contribution in [0.5, 0.6) is 0 Å². The highest BCUT2D eigenvalue weighted by atomic mass is 16.3. The molecule has 28 heavy (non-hydrogen) atoms. The van der Waals surface area contributed by atoms with Gasteiger partial charge in [0.2, 0.25) is 0 Å². The van der Waals surface area contributed by atoms with Crippen molar-refractivity contribution in [2.45, 2.75) is 19.9 Å². The van der Waals surface area contributed by atoms with Crippen molar-refractivity contribution in [3.8, 4) is 11.3 Å². The van der Waals surface area contributed by atoms with Crippen LogP contribution in [0.4, 0.5) is 5.69 Å². The van der Waals surface area contributed by atoms with Gasteiger partial charge in [-0.2, -0.15) is 5.10 Å². The molecular formula is C22H20N4O2. The van der Waals surface area contributed by atoms with Gasteiger partial charge in [-0.15, -0.1) is 0 Å². The molecular weight excluding hydrogens is 352 g/mol. The maximum atomic E-state index is 12.7. The Morgan fingerprint density at radius 2 is 2.00 bits per heavy atom. The van der Waals surface area contributed by atoms with E-state index in [-0.39, 0.29) is 11.6 Å². The Morgan fingerprint density at radius 3 is 2.82 bits per heavy atom. The third-order valence-corrected chi connectivity index (χ3v) is 4.43. The number of nitrogens with one attached hydrogen (secondary N) is 1. The summed E-state index contributed by atoms with van der Waals surface area (Å²) in [6.07, 6.45) is 5.61. The molecule has 0 fully saturated rings. The standard InChI is InChI=1S/C22H20N4O2/c1-16-6-5-9-18(12-16)21-20(23-15-28-21)22(27)25-19-13-24-26(14-19)11-10-17-7-3-2-4-8-17/h2-9,12-15H,10-11H2,1H3,(H,25,27). The van der Waals surface area contributed by atoms with Crippen LogP contribution in [-0.2, 0) is 13.0 Å². The van der Waals surface area contributed by atoms with Crippen LogP contribution in [0.1, 0.15) is 21.6 Å². The average molecular weight is 372 g/mol. The van der Waals surface area contributed by atoms with Gasteiger partial charge in [0.05, 0.1) is 11.9 Å². The minimum atomic E-state index is -0.326. The van der Waals surface area contributed by atoms with Gasteiger partial charge in [0, 0.05) is 18.3 Å². The molecule has 0 saturated heterocycles. The van der Waals surface area contributed by atoms with Crippen LogP contribution in [0.2, 0.25) is 0 Å². The van der Waals surface area contributed by atoms with E-state index in [4.69, 9.17) is 4.42 Å². The van der Waals surface area contributed by atoms with Crippen LogP contribution in [0.15, 0.2) is 77.8 Å². The lowest BCUT2D eigenvalue weighted by atomic mass is 10.1. The second-order valence-electron chi connectivity index (χ2n) is 6.58. The summed E-state index contributed by atoms with van der Waals surface area (Å²) in [6.45, 7) is 2.72.